The zero-order chi connectivity index (χ0) is 17.8. The average molecular weight is 356 g/mol. The van der Waals surface area contributed by atoms with Crippen LogP contribution in [-0.4, -0.2) is 15.3 Å². The van der Waals surface area contributed by atoms with Crippen molar-refractivity contribution in [1.82, 2.24) is 9.38 Å². The molecule has 5 heteroatoms. The first-order chi connectivity index (χ1) is 12.1. The van der Waals surface area contributed by atoms with Crippen molar-refractivity contribution in [2.75, 3.05) is 5.32 Å². The number of amides is 1. The third-order valence-electron chi connectivity index (χ3n) is 4.14. The molecule has 0 spiro atoms. The van der Waals surface area contributed by atoms with E-state index in [-0.39, 0.29) is 5.91 Å². The minimum absolute atomic E-state index is 0.0131. The second kappa shape index (κ2) is 7.70. The molecule has 3 rings (SSSR count). The van der Waals surface area contributed by atoms with Gasteiger partial charge in [0.05, 0.1) is 0 Å². The van der Waals surface area contributed by atoms with Gasteiger partial charge in [0, 0.05) is 23.2 Å². The number of pyridine rings is 1. The molecule has 0 bridgehead atoms. The Balaban J connectivity index is 2.01. The summed E-state index contributed by atoms with van der Waals surface area (Å²) in [4.78, 5) is 17.1. The molecule has 0 aliphatic rings. The van der Waals surface area contributed by atoms with Crippen molar-refractivity contribution >= 4 is 29.0 Å². The monoisotopic (exact) mass is 355 g/mol. The van der Waals surface area contributed by atoms with Crippen LogP contribution in [-0.2, 0) is 4.79 Å². The number of hydrogen-bond donors (Lipinski definition) is 1. The minimum atomic E-state index is 0.0131. The third kappa shape index (κ3) is 4.02. The smallest absolute Gasteiger partial charge is 0.225 e. The minimum Gasteiger partial charge on any atom is -0.310 e. The number of fused-ring (bicyclic) bond motifs is 1. The van der Waals surface area contributed by atoms with Gasteiger partial charge in [-0.25, -0.2) is 4.98 Å². The van der Waals surface area contributed by atoms with Gasteiger partial charge in [-0.1, -0.05) is 43.5 Å². The van der Waals surface area contributed by atoms with E-state index in [2.05, 4.69) is 12.2 Å². The maximum absolute atomic E-state index is 12.4. The van der Waals surface area contributed by atoms with Crippen LogP contribution in [0.1, 0.15) is 38.2 Å². The molecule has 0 radical (unpaired) electrons. The van der Waals surface area contributed by atoms with E-state index in [9.17, 15) is 4.79 Å². The molecule has 0 aliphatic heterocycles. The summed E-state index contributed by atoms with van der Waals surface area (Å²) in [6.07, 6.45) is 5.50. The number of rotatable bonds is 6. The molecule has 0 unspecified atom stereocenters. The van der Waals surface area contributed by atoms with E-state index in [1.54, 1.807) is 0 Å². The molecule has 1 N–H and O–H groups in total. The molecule has 0 fully saturated rings. The summed E-state index contributed by atoms with van der Waals surface area (Å²) >= 11 is 6.14. The Labute approximate surface area is 152 Å². The second-order valence-corrected chi connectivity index (χ2v) is 6.69. The lowest BCUT2D eigenvalue weighted by Gasteiger charge is -2.08. The molecule has 0 aliphatic carbocycles. The first-order valence-corrected chi connectivity index (χ1v) is 9.01. The van der Waals surface area contributed by atoms with Gasteiger partial charge in [-0.15, -0.1) is 0 Å². The van der Waals surface area contributed by atoms with Gasteiger partial charge in [0.1, 0.15) is 17.2 Å². The summed E-state index contributed by atoms with van der Waals surface area (Å²) in [7, 11) is 0. The highest BCUT2D eigenvalue weighted by atomic mass is 35.5. The first kappa shape index (κ1) is 17.5. The molecule has 3 aromatic rings. The lowest BCUT2D eigenvalue weighted by Crippen LogP contribution is -2.13. The predicted molar refractivity (Wildman–Crippen MR) is 103 cm³/mol. The van der Waals surface area contributed by atoms with Gasteiger partial charge >= 0.3 is 0 Å². The molecule has 0 saturated heterocycles. The van der Waals surface area contributed by atoms with Gasteiger partial charge in [-0.05, 0) is 43.2 Å². The molecular weight excluding hydrogens is 334 g/mol. The fraction of sp³-hybridized carbons (Fsp3) is 0.300. The number of imidazole rings is 1. The molecule has 0 saturated carbocycles. The van der Waals surface area contributed by atoms with E-state index in [1.807, 2.05) is 53.9 Å². The summed E-state index contributed by atoms with van der Waals surface area (Å²) in [5, 5.41) is 3.69. The SMILES string of the molecule is CCCCCC(=O)Nc1c(-c2cccc(Cl)c2)nc2cc(C)ccn12. The van der Waals surface area contributed by atoms with Gasteiger partial charge in [0.2, 0.25) is 5.91 Å². The normalized spacial score (nSPS) is 11.0. The number of anilines is 1. The van der Waals surface area contributed by atoms with Crippen molar-refractivity contribution in [3.63, 3.8) is 0 Å². The van der Waals surface area contributed by atoms with Gasteiger partial charge < -0.3 is 5.32 Å². The van der Waals surface area contributed by atoms with E-state index in [1.165, 1.54) is 0 Å². The molecule has 1 aromatic carbocycles. The van der Waals surface area contributed by atoms with Crippen LogP contribution in [0, 0.1) is 6.92 Å². The molecule has 2 aromatic heterocycles. The van der Waals surface area contributed by atoms with Crippen molar-refractivity contribution in [3.05, 3.63) is 53.2 Å². The zero-order valence-electron chi connectivity index (χ0n) is 14.6. The maximum atomic E-state index is 12.4. The lowest BCUT2D eigenvalue weighted by molar-refractivity contribution is -0.116. The molecule has 1 amide bonds. The van der Waals surface area contributed by atoms with Crippen molar-refractivity contribution in [2.45, 2.75) is 39.5 Å². The van der Waals surface area contributed by atoms with Gasteiger partial charge in [0.15, 0.2) is 0 Å². The molecular formula is C20H22ClN3O. The Morgan fingerprint density at radius 1 is 1.24 bits per heavy atom. The fourth-order valence-electron chi connectivity index (χ4n) is 2.83. The largest absolute Gasteiger partial charge is 0.310 e. The van der Waals surface area contributed by atoms with Crippen molar-refractivity contribution in [2.24, 2.45) is 0 Å². The number of carbonyl (C=O) groups excluding carboxylic acids is 1. The number of carbonyl (C=O) groups is 1. The van der Waals surface area contributed by atoms with E-state index >= 15 is 0 Å². The van der Waals surface area contributed by atoms with Crippen molar-refractivity contribution < 1.29 is 4.79 Å². The topological polar surface area (TPSA) is 46.4 Å². The Bertz CT molecular complexity index is 901. The van der Waals surface area contributed by atoms with E-state index in [4.69, 9.17) is 16.6 Å². The van der Waals surface area contributed by atoms with Gasteiger partial charge in [0.25, 0.3) is 0 Å². The highest BCUT2D eigenvalue weighted by Crippen LogP contribution is 2.30. The van der Waals surface area contributed by atoms with Crippen molar-refractivity contribution in [1.29, 1.82) is 0 Å². The number of hydrogen-bond acceptors (Lipinski definition) is 2. The quantitative estimate of drug-likeness (QED) is 0.595. The Hall–Kier alpha value is -2.33. The summed E-state index contributed by atoms with van der Waals surface area (Å²) in [6, 6.07) is 11.5. The Kier molecular flexibility index (Phi) is 5.39. The standard InChI is InChI=1S/C20H22ClN3O/c1-3-4-5-9-18(25)23-20-19(15-7-6-8-16(21)13-15)22-17-12-14(2)10-11-24(17)20/h6-8,10-13H,3-5,9H2,1-2H3,(H,23,25). The molecule has 25 heavy (non-hydrogen) atoms. The Morgan fingerprint density at radius 3 is 2.84 bits per heavy atom. The first-order valence-electron chi connectivity index (χ1n) is 8.63. The van der Waals surface area contributed by atoms with Crippen LogP contribution < -0.4 is 5.32 Å². The maximum Gasteiger partial charge on any atom is 0.225 e. The number of aryl methyl sites for hydroxylation is 1. The van der Waals surface area contributed by atoms with Gasteiger partial charge in [-0.3, -0.25) is 9.20 Å². The van der Waals surface area contributed by atoms with E-state index in [0.29, 0.717) is 17.3 Å². The van der Waals surface area contributed by atoms with Crippen LogP contribution in [0.5, 0.6) is 0 Å². The third-order valence-corrected chi connectivity index (χ3v) is 4.38. The molecule has 130 valence electrons. The average Bonchev–Trinajstić information content (AvgIpc) is 2.92. The summed E-state index contributed by atoms with van der Waals surface area (Å²) < 4.78 is 1.92. The number of aromatic nitrogens is 2. The predicted octanol–water partition coefficient (Wildman–Crippen LogP) is 5.48. The molecule has 2 heterocycles. The summed E-state index contributed by atoms with van der Waals surface area (Å²) in [6.45, 7) is 4.15. The van der Waals surface area contributed by atoms with Crippen molar-refractivity contribution in [3.8, 4) is 11.3 Å². The lowest BCUT2D eigenvalue weighted by atomic mass is 10.1. The number of benzene rings is 1. The van der Waals surface area contributed by atoms with Crippen LogP contribution in [0.4, 0.5) is 5.82 Å². The highest BCUT2D eigenvalue weighted by molar-refractivity contribution is 6.30. The second-order valence-electron chi connectivity index (χ2n) is 6.26. The van der Waals surface area contributed by atoms with Crippen LogP contribution in [0.15, 0.2) is 42.6 Å². The van der Waals surface area contributed by atoms with Crippen LogP contribution in [0.2, 0.25) is 5.02 Å². The zero-order valence-corrected chi connectivity index (χ0v) is 15.3. The molecule has 0 atom stereocenters. The number of halogens is 1. The fourth-order valence-corrected chi connectivity index (χ4v) is 3.02. The van der Waals surface area contributed by atoms with Crippen LogP contribution in [0.25, 0.3) is 16.9 Å². The number of nitrogens with one attached hydrogen (secondary N) is 1. The number of nitrogens with zero attached hydrogens (tertiary/aromatic N) is 2. The van der Waals surface area contributed by atoms with Crippen LogP contribution in [0.3, 0.4) is 0 Å². The van der Waals surface area contributed by atoms with Gasteiger partial charge in [-0.2, -0.15) is 0 Å². The summed E-state index contributed by atoms with van der Waals surface area (Å²) in [5.41, 5.74) is 3.55. The Morgan fingerprint density at radius 2 is 2.08 bits per heavy atom. The van der Waals surface area contributed by atoms with E-state index in [0.717, 1.165) is 41.7 Å². The number of unbranched alkanes of at least 4 members (excludes halogenated alkanes) is 2. The highest BCUT2D eigenvalue weighted by Gasteiger charge is 2.16. The summed E-state index contributed by atoms with van der Waals surface area (Å²) in [5.74, 6) is 0.706. The molecule has 4 nitrogen and oxygen atoms in total. The van der Waals surface area contributed by atoms with Crippen LogP contribution >= 0.6 is 11.6 Å². The van der Waals surface area contributed by atoms with E-state index < -0.39 is 0 Å².